The molecule has 2 aromatic carbocycles. The third-order valence-electron chi connectivity index (χ3n) is 3.41. The zero-order valence-corrected chi connectivity index (χ0v) is 14.0. The molecule has 0 radical (unpaired) electrons. The second-order valence-electron chi connectivity index (χ2n) is 5.65. The van der Waals surface area contributed by atoms with Crippen LogP contribution in [0.25, 0.3) is 0 Å². The van der Waals surface area contributed by atoms with Gasteiger partial charge in [-0.2, -0.15) is 0 Å². The minimum Gasteiger partial charge on any atom is -0.491 e. The van der Waals surface area contributed by atoms with Crippen LogP contribution in [-0.2, 0) is 16.0 Å². The fraction of sp³-hybridized carbons (Fsp3) is 0.368. The van der Waals surface area contributed by atoms with E-state index in [1.165, 1.54) is 11.1 Å². The van der Waals surface area contributed by atoms with Gasteiger partial charge in [0.05, 0.1) is 18.1 Å². The molecule has 0 saturated carbocycles. The monoisotopic (exact) mass is 318 g/mol. The van der Waals surface area contributed by atoms with Crippen molar-refractivity contribution in [2.75, 3.05) is 19.8 Å². The molecule has 0 amide bonds. The molecule has 2 rings (SSSR count). The molecule has 0 spiro atoms. The standard InChI is InChI=1S/C19H23ClO2/c1-19(2,20)18-11-7-6-8-16(18)12-13-21-14-15-22-17-9-4-3-5-10-17/h3-11H,12-15H2,1-2H3. The van der Waals surface area contributed by atoms with E-state index in [9.17, 15) is 0 Å². The minimum atomic E-state index is -0.354. The number of hydrogen-bond acceptors (Lipinski definition) is 2. The number of rotatable bonds is 8. The molecule has 0 aliphatic rings. The van der Waals surface area contributed by atoms with Crippen LogP contribution in [0.5, 0.6) is 5.75 Å². The Morgan fingerprint density at radius 3 is 2.27 bits per heavy atom. The Hall–Kier alpha value is -1.51. The molecule has 0 aliphatic heterocycles. The van der Waals surface area contributed by atoms with Crippen LogP contribution in [0.3, 0.4) is 0 Å². The molecule has 118 valence electrons. The predicted octanol–water partition coefficient (Wildman–Crippen LogP) is 4.80. The Kier molecular flexibility index (Phi) is 6.29. The predicted molar refractivity (Wildman–Crippen MR) is 91.8 cm³/mol. The smallest absolute Gasteiger partial charge is 0.119 e. The Morgan fingerprint density at radius 1 is 0.864 bits per heavy atom. The van der Waals surface area contributed by atoms with Gasteiger partial charge in [0, 0.05) is 0 Å². The zero-order valence-electron chi connectivity index (χ0n) is 13.2. The van der Waals surface area contributed by atoms with Crippen LogP contribution in [0.4, 0.5) is 0 Å². The van der Waals surface area contributed by atoms with Gasteiger partial charge in [-0.1, -0.05) is 42.5 Å². The summed E-state index contributed by atoms with van der Waals surface area (Å²) in [6, 6.07) is 18.0. The maximum atomic E-state index is 6.43. The summed E-state index contributed by atoms with van der Waals surface area (Å²) < 4.78 is 11.2. The molecule has 0 saturated heterocycles. The lowest BCUT2D eigenvalue weighted by atomic mass is 9.95. The summed E-state index contributed by atoms with van der Waals surface area (Å²) in [7, 11) is 0. The molecule has 2 aromatic rings. The third-order valence-corrected chi connectivity index (χ3v) is 3.62. The van der Waals surface area contributed by atoms with Crippen LogP contribution in [0.2, 0.25) is 0 Å². The van der Waals surface area contributed by atoms with E-state index in [1.807, 2.05) is 56.3 Å². The van der Waals surface area contributed by atoms with E-state index in [0.717, 1.165) is 12.2 Å². The van der Waals surface area contributed by atoms with E-state index in [0.29, 0.717) is 19.8 Å². The van der Waals surface area contributed by atoms with Crippen LogP contribution in [-0.4, -0.2) is 19.8 Å². The van der Waals surface area contributed by atoms with E-state index >= 15 is 0 Å². The molecule has 3 heteroatoms. The summed E-state index contributed by atoms with van der Waals surface area (Å²) in [6.45, 7) is 5.85. The van der Waals surface area contributed by atoms with Crippen molar-refractivity contribution >= 4 is 11.6 Å². The van der Waals surface area contributed by atoms with Gasteiger partial charge in [0.15, 0.2) is 0 Å². The van der Waals surface area contributed by atoms with Crippen molar-refractivity contribution in [3.8, 4) is 5.75 Å². The van der Waals surface area contributed by atoms with E-state index in [-0.39, 0.29) is 4.87 Å². The molecule has 0 heterocycles. The van der Waals surface area contributed by atoms with Crippen molar-refractivity contribution in [3.05, 3.63) is 65.7 Å². The highest BCUT2D eigenvalue weighted by Crippen LogP contribution is 2.30. The number of halogens is 1. The molecular weight excluding hydrogens is 296 g/mol. The zero-order chi connectivity index (χ0) is 15.8. The fourth-order valence-electron chi connectivity index (χ4n) is 2.34. The van der Waals surface area contributed by atoms with Crippen molar-refractivity contribution in [2.45, 2.75) is 25.1 Å². The first-order chi connectivity index (χ1) is 10.6. The van der Waals surface area contributed by atoms with Crippen molar-refractivity contribution in [1.82, 2.24) is 0 Å². The van der Waals surface area contributed by atoms with Crippen molar-refractivity contribution in [1.29, 1.82) is 0 Å². The SMILES string of the molecule is CC(C)(Cl)c1ccccc1CCOCCOc1ccccc1. The number of ether oxygens (including phenoxy) is 2. The van der Waals surface area contributed by atoms with Crippen LogP contribution in [0.1, 0.15) is 25.0 Å². The summed E-state index contributed by atoms with van der Waals surface area (Å²) >= 11 is 6.43. The molecule has 0 N–H and O–H groups in total. The first-order valence-corrected chi connectivity index (χ1v) is 7.98. The molecular formula is C19H23ClO2. The lowest BCUT2D eigenvalue weighted by Crippen LogP contribution is -2.13. The summed E-state index contributed by atoms with van der Waals surface area (Å²) in [5, 5.41) is 0. The molecule has 0 aromatic heterocycles. The summed E-state index contributed by atoms with van der Waals surface area (Å²) in [5.41, 5.74) is 2.41. The molecule has 0 atom stereocenters. The highest BCUT2D eigenvalue weighted by molar-refractivity contribution is 6.23. The van der Waals surface area contributed by atoms with Gasteiger partial charge in [-0.05, 0) is 43.5 Å². The van der Waals surface area contributed by atoms with Gasteiger partial charge in [0.1, 0.15) is 12.4 Å². The van der Waals surface area contributed by atoms with Gasteiger partial charge in [-0.25, -0.2) is 0 Å². The third kappa shape index (κ3) is 5.36. The Labute approximate surface area is 138 Å². The van der Waals surface area contributed by atoms with E-state index in [4.69, 9.17) is 21.1 Å². The Morgan fingerprint density at radius 2 is 1.55 bits per heavy atom. The van der Waals surface area contributed by atoms with Crippen molar-refractivity contribution < 1.29 is 9.47 Å². The van der Waals surface area contributed by atoms with Gasteiger partial charge in [0.2, 0.25) is 0 Å². The van der Waals surface area contributed by atoms with Crippen molar-refractivity contribution in [3.63, 3.8) is 0 Å². The minimum absolute atomic E-state index is 0.354. The fourth-order valence-corrected chi connectivity index (χ4v) is 2.52. The maximum absolute atomic E-state index is 6.43. The molecule has 22 heavy (non-hydrogen) atoms. The molecule has 0 bridgehead atoms. The quantitative estimate of drug-likeness (QED) is 0.514. The first-order valence-electron chi connectivity index (χ1n) is 7.60. The lowest BCUT2D eigenvalue weighted by molar-refractivity contribution is 0.102. The second kappa shape index (κ2) is 8.21. The lowest BCUT2D eigenvalue weighted by Gasteiger charge is -2.20. The summed E-state index contributed by atoms with van der Waals surface area (Å²) in [5.74, 6) is 0.875. The topological polar surface area (TPSA) is 18.5 Å². The number of hydrogen-bond donors (Lipinski definition) is 0. The molecule has 0 unspecified atom stereocenters. The number of alkyl halides is 1. The molecule has 0 aliphatic carbocycles. The van der Waals surface area contributed by atoms with Gasteiger partial charge in [-0.15, -0.1) is 11.6 Å². The first kappa shape index (κ1) is 16.9. The van der Waals surface area contributed by atoms with Gasteiger partial charge in [-0.3, -0.25) is 0 Å². The van der Waals surface area contributed by atoms with Gasteiger partial charge in [0.25, 0.3) is 0 Å². The number of para-hydroxylation sites is 1. The van der Waals surface area contributed by atoms with E-state index < -0.39 is 0 Å². The highest BCUT2D eigenvalue weighted by Gasteiger charge is 2.19. The van der Waals surface area contributed by atoms with Crippen LogP contribution >= 0.6 is 11.6 Å². The van der Waals surface area contributed by atoms with Gasteiger partial charge >= 0.3 is 0 Å². The second-order valence-corrected chi connectivity index (χ2v) is 6.60. The summed E-state index contributed by atoms with van der Waals surface area (Å²) in [6.07, 6.45) is 0.859. The average Bonchev–Trinajstić information content (AvgIpc) is 2.51. The Bertz CT molecular complexity index is 561. The normalized spacial score (nSPS) is 11.4. The molecule has 2 nitrogen and oxygen atoms in total. The largest absolute Gasteiger partial charge is 0.491 e. The van der Waals surface area contributed by atoms with Crippen LogP contribution < -0.4 is 4.74 Å². The Balaban J connectivity index is 1.71. The number of benzene rings is 2. The molecule has 0 fully saturated rings. The van der Waals surface area contributed by atoms with Crippen molar-refractivity contribution in [2.24, 2.45) is 0 Å². The van der Waals surface area contributed by atoms with E-state index in [1.54, 1.807) is 0 Å². The highest BCUT2D eigenvalue weighted by atomic mass is 35.5. The van der Waals surface area contributed by atoms with Gasteiger partial charge < -0.3 is 9.47 Å². The van der Waals surface area contributed by atoms with E-state index in [2.05, 4.69) is 12.1 Å². The summed E-state index contributed by atoms with van der Waals surface area (Å²) in [4.78, 5) is -0.354. The van der Waals surface area contributed by atoms with Crippen LogP contribution in [0.15, 0.2) is 54.6 Å². The average molecular weight is 319 g/mol. The van der Waals surface area contributed by atoms with Crippen LogP contribution in [0, 0.1) is 0 Å². The maximum Gasteiger partial charge on any atom is 0.119 e.